The second kappa shape index (κ2) is 9.14. The summed E-state index contributed by atoms with van der Waals surface area (Å²) in [5.74, 6) is -0.210. The van der Waals surface area contributed by atoms with Crippen molar-refractivity contribution in [1.29, 1.82) is 0 Å². The van der Waals surface area contributed by atoms with Crippen LogP contribution in [0.3, 0.4) is 0 Å². The summed E-state index contributed by atoms with van der Waals surface area (Å²) in [6.07, 6.45) is 2.40. The number of benzene rings is 2. The molecule has 0 aliphatic heterocycles. The van der Waals surface area contributed by atoms with Gasteiger partial charge in [0, 0.05) is 30.4 Å². The van der Waals surface area contributed by atoms with E-state index in [0.29, 0.717) is 29.4 Å². The maximum Gasteiger partial charge on any atom is 0.270 e. The SMILES string of the molecule is Cc1ccc(-c2cc(C(=O)NCCc3ccccn3)n(-c3ccccc3Cl)n2)cc1C. The maximum absolute atomic E-state index is 13.1. The van der Waals surface area contributed by atoms with Crippen molar-refractivity contribution in [1.82, 2.24) is 20.1 Å². The predicted octanol–water partition coefficient (Wildman–Crippen LogP) is 5.18. The Morgan fingerprint density at radius 3 is 2.55 bits per heavy atom. The van der Waals surface area contributed by atoms with E-state index in [-0.39, 0.29) is 5.91 Å². The van der Waals surface area contributed by atoms with Gasteiger partial charge in [0.05, 0.1) is 16.4 Å². The van der Waals surface area contributed by atoms with Crippen LogP contribution in [-0.4, -0.2) is 27.2 Å². The van der Waals surface area contributed by atoms with Crippen LogP contribution in [0.25, 0.3) is 16.9 Å². The van der Waals surface area contributed by atoms with E-state index in [2.05, 4.69) is 36.3 Å². The van der Waals surface area contributed by atoms with Crippen LogP contribution in [0.1, 0.15) is 27.3 Å². The van der Waals surface area contributed by atoms with Crippen LogP contribution in [0.4, 0.5) is 0 Å². The van der Waals surface area contributed by atoms with Gasteiger partial charge in [-0.1, -0.05) is 41.9 Å². The molecule has 0 aliphatic rings. The fraction of sp³-hybridized carbons (Fsp3) is 0.160. The van der Waals surface area contributed by atoms with Crippen molar-refractivity contribution >= 4 is 17.5 Å². The van der Waals surface area contributed by atoms with Gasteiger partial charge in [-0.15, -0.1) is 0 Å². The van der Waals surface area contributed by atoms with Crippen molar-refractivity contribution in [3.05, 3.63) is 100 Å². The average molecular weight is 431 g/mol. The van der Waals surface area contributed by atoms with Crippen LogP contribution in [-0.2, 0) is 6.42 Å². The van der Waals surface area contributed by atoms with E-state index in [9.17, 15) is 4.79 Å². The molecule has 0 aliphatic carbocycles. The molecule has 1 N–H and O–H groups in total. The average Bonchev–Trinajstić information content (AvgIpc) is 3.22. The molecule has 6 heteroatoms. The number of hydrogen-bond acceptors (Lipinski definition) is 3. The van der Waals surface area contributed by atoms with Gasteiger partial charge in [0.15, 0.2) is 0 Å². The Balaban J connectivity index is 1.66. The summed E-state index contributed by atoms with van der Waals surface area (Å²) in [6.45, 7) is 4.61. The number of halogens is 1. The number of rotatable bonds is 6. The summed E-state index contributed by atoms with van der Waals surface area (Å²) in [5.41, 5.74) is 6.08. The van der Waals surface area contributed by atoms with Gasteiger partial charge in [-0.25, -0.2) is 4.68 Å². The lowest BCUT2D eigenvalue weighted by Crippen LogP contribution is -2.28. The predicted molar refractivity (Wildman–Crippen MR) is 124 cm³/mol. The van der Waals surface area contributed by atoms with Crippen LogP contribution < -0.4 is 5.32 Å². The van der Waals surface area contributed by atoms with Crippen molar-refractivity contribution < 1.29 is 4.79 Å². The summed E-state index contributed by atoms with van der Waals surface area (Å²) in [5, 5.41) is 8.24. The lowest BCUT2D eigenvalue weighted by atomic mass is 10.0. The van der Waals surface area contributed by atoms with E-state index in [1.54, 1.807) is 16.9 Å². The summed E-state index contributed by atoms with van der Waals surface area (Å²) in [6, 6.07) is 21.1. The lowest BCUT2D eigenvalue weighted by molar-refractivity contribution is 0.0946. The molecule has 2 aromatic heterocycles. The van der Waals surface area contributed by atoms with Gasteiger partial charge in [-0.3, -0.25) is 9.78 Å². The molecule has 2 heterocycles. The van der Waals surface area contributed by atoms with Crippen LogP contribution >= 0.6 is 11.6 Å². The number of pyridine rings is 1. The van der Waals surface area contributed by atoms with E-state index in [0.717, 1.165) is 17.0 Å². The van der Waals surface area contributed by atoms with Gasteiger partial charge in [-0.05, 0) is 61.4 Å². The number of aryl methyl sites for hydroxylation is 2. The van der Waals surface area contributed by atoms with E-state index in [1.165, 1.54) is 11.1 Å². The molecule has 2 aromatic carbocycles. The summed E-state index contributed by atoms with van der Waals surface area (Å²) >= 11 is 6.42. The molecule has 0 saturated heterocycles. The van der Waals surface area contributed by atoms with Crippen molar-refractivity contribution in [2.45, 2.75) is 20.3 Å². The van der Waals surface area contributed by atoms with Gasteiger partial charge in [-0.2, -0.15) is 5.10 Å². The molecule has 0 bridgehead atoms. The molecule has 4 rings (SSSR count). The van der Waals surface area contributed by atoms with Crippen molar-refractivity contribution in [3.63, 3.8) is 0 Å². The molecular formula is C25H23ClN4O. The molecule has 5 nitrogen and oxygen atoms in total. The Hall–Kier alpha value is -3.44. The highest BCUT2D eigenvalue weighted by Gasteiger charge is 2.19. The van der Waals surface area contributed by atoms with Gasteiger partial charge in [0.25, 0.3) is 5.91 Å². The van der Waals surface area contributed by atoms with Crippen LogP contribution in [0.5, 0.6) is 0 Å². The van der Waals surface area contributed by atoms with Gasteiger partial charge >= 0.3 is 0 Å². The molecule has 1 amide bonds. The Kier molecular flexibility index (Phi) is 6.14. The Bertz CT molecular complexity index is 1220. The van der Waals surface area contributed by atoms with E-state index in [1.807, 2.05) is 48.5 Å². The Morgan fingerprint density at radius 2 is 1.81 bits per heavy atom. The molecule has 4 aromatic rings. The van der Waals surface area contributed by atoms with E-state index >= 15 is 0 Å². The van der Waals surface area contributed by atoms with Gasteiger partial charge in [0.1, 0.15) is 5.69 Å². The van der Waals surface area contributed by atoms with Gasteiger partial charge in [0.2, 0.25) is 0 Å². The molecule has 156 valence electrons. The molecule has 0 saturated carbocycles. The minimum Gasteiger partial charge on any atom is -0.350 e. The molecule has 0 radical (unpaired) electrons. The number of nitrogens with zero attached hydrogens (tertiary/aromatic N) is 3. The first-order valence-corrected chi connectivity index (χ1v) is 10.5. The van der Waals surface area contributed by atoms with E-state index in [4.69, 9.17) is 16.7 Å². The first-order valence-electron chi connectivity index (χ1n) is 10.1. The zero-order valence-electron chi connectivity index (χ0n) is 17.5. The molecule has 31 heavy (non-hydrogen) atoms. The lowest BCUT2D eigenvalue weighted by Gasteiger charge is -2.09. The number of carbonyl (C=O) groups excluding carboxylic acids is 1. The molecule has 0 atom stereocenters. The molecule has 0 spiro atoms. The molecule has 0 fully saturated rings. The zero-order chi connectivity index (χ0) is 21.8. The largest absolute Gasteiger partial charge is 0.350 e. The number of amides is 1. The second-order valence-corrected chi connectivity index (χ2v) is 7.81. The van der Waals surface area contributed by atoms with Crippen LogP contribution in [0.15, 0.2) is 72.9 Å². The monoisotopic (exact) mass is 430 g/mol. The highest BCUT2D eigenvalue weighted by Crippen LogP contribution is 2.26. The number of carbonyl (C=O) groups is 1. The highest BCUT2D eigenvalue weighted by molar-refractivity contribution is 6.32. The topological polar surface area (TPSA) is 59.8 Å². The Labute approximate surface area is 186 Å². The third kappa shape index (κ3) is 4.67. The first kappa shape index (κ1) is 20.8. The standard InChI is InChI=1S/C25H23ClN4O/c1-17-10-11-19(15-18(17)2)22-16-24(30(29-22)23-9-4-3-8-21(23)26)25(31)28-14-12-20-7-5-6-13-27-20/h3-11,13,15-16H,12,14H2,1-2H3,(H,28,31). The number of nitrogens with one attached hydrogen (secondary N) is 1. The van der Waals surface area contributed by atoms with Crippen molar-refractivity contribution in [2.24, 2.45) is 0 Å². The van der Waals surface area contributed by atoms with Gasteiger partial charge < -0.3 is 5.32 Å². The number of para-hydroxylation sites is 1. The summed E-state index contributed by atoms with van der Waals surface area (Å²) in [4.78, 5) is 17.4. The molecular weight excluding hydrogens is 408 g/mol. The summed E-state index contributed by atoms with van der Waals surface area (Å²) in [7, 11) is 0. The fourth-order valence-electron chi connectivity index (χ4n) is 3.33. The molecule has 0 unspecified atom stereocenters. The van der Waals surface area contributed by atoms with Crippen LogP contribution in [0, 0.1) is 13.8 Å². The normalized spacial score (nSPS) is 10.8. The maximum atomic E-state index is 13.1. The van der Waals surface area contributed by atoms with Crippen LogP contribution in [0.2, 0.25) is 5.02 Å². The minimum absolute atomic E-state index is 0.210. The fourth-order valence-corrected chi connectivity index (χ4v) is 3.55. The zero-order valence-corrected chi connectivity index (χ0v) is 18.2. The second-order valence-electron chi connectivity index (χ2n) is 7.40. The highest BCUT2D eigenvalue weighted by atomic mass is 35.5. The number of aromatic nitrogens is 3. The third-order valence-electron chi connectivity index (χ3n) is 5.22. The number of hydrogen-bond donors (Lipinski definition) is 1. The van der Waals surface area contributed by atoms with E-state index < -0.39 is 0 Å². The summed E-state index contributed by atoms with van der Waals surface area (Å²) < 4.78 is 1.61. The smallest absolute Gasteiger partial charge is 0.270 e. The third-order valence-corrected chi connectivity index (χ3v) is 5.54. The van der Waals surface area contributed by atoms with Crippen molar-refractivity contribution in [2.75, 3.05) is 6.54 Å². The quantitative estimate of drug-likeness (QED) is 0.458. The first-order chi connectivity index (χ1) is 15.0. The minimum atomic E-state index is -0.210. The Morgan fingerprint density at radius 1 is 1.00 bits per heavy atom. The van der Waals surface area contributed by atoms with Crippen molar-refractivity contribution in [3.8, 4) is 16.9 Å².